The first kappa shape index (κ1) is 12.3. The van der Waals surface area contributed by atoms with E-state index in [-0.39, 0.29) is 6.04 Å². The van der Waals surface area contributed by atoms with Crippen LogP contribution in [0.3, 0.4) is 0 Å². The van der Waals surface area contributed by atoms with E-state index in [1.807, 2.05) is 19.2 Å². The van der Waals surface area contributed by atoms with Gasteiger partial charge in [0.15, 0.2) is 0 Å². The second-order valence-electron chi connectivity index (χ2n) is 5.14. The lowest BCUT2D eigenvalue weighted by molar-refractivity contribution is 0.474. The highest BCUT2D eigenvalue weighted by Crippen LogP contribution is 2.53. The largest absolute Gasteiger partial charge is 0.271 e. The van der Waals surface area contributed by atoms with E-state index in [0.717, 1.165) is 17.8 Å². The Morgan fingerprint density at radius 2 is 2.00 bits per heavy atom. The molecule has 1 heterocycles. The summed E-state index contributed by atoms with van der Waals surface area (Å²) in [7, 11) is 0. The first-order valence-corrected chi connectivity index (χ1v) is 6.59. The summed E-state index contributed by atoms with van der Waals surface area (Å²) >= 11 is 0. The molecule has 0 spiro atoms. The minimum atomic E-state index is 0.0818. The molecule has 0 amide bonds. The zero-order valence-electron chi connectivity index (χ0n) is 11.0. The molecular formula is C15H18N4. The molecule has 1 aromatic carbocycles. The van der Waals surface area contributed by atoms with E-state index >= 15 is 0 Å². The van der Waals surface area contributed by atoms with E-state index in [9.17, 15) is 0 Å². The van der Waals surface area contributed by atoms with Gasteiger partial charge in [0.1, 0.15) is 0 Å². The Labute approximate surface area is 113 Å². The molecule has 1 aromatic heterocycles. The molecule has 3 rings (SSSR count). The van der Waals surface area contributed by atoms with Gasteiger partial charge in [-0.1, -0.05) is 30.3 Å². The van der Waals surface area contributed by atoms with Crippen molar-refractivity contribution in [3.05, 3.63) is 59.7 Å². The number of benzene rings is 1. The van der Waals surface area contributed by atoms with Crippen LogP contribution in [0.15, 0.2) is 42.7 Å². The molecule has 0 saturated heterocycles. The summed E-state index contributed by atoms with van der Waals surface area (Å²) in [5.74, 6) is 6.78. The minimum Gasteiger partial charge on any atom is -0.271 e. The van der Waals surface area contributed by atoms with Crippen molar-refractivity contribution in [2.75, 3.05) is 0 Å². The topological polar surface area (TPSA) is 63.8 Å². The standard InChI is InChI=1S/C15H18N4/c1-10-8-18-14(9-17-10)15(19-16)13-7-12(13)11-5-3-2-4-6-11/h2-6,8-9,12-13,15,19H,7,16H2,1H3. The Morgan fingerprint density at radius 3 is 2.63 bits per heavy atom. The van der Waals surface area contributed by atoms with Crippen molar-refractivity contribution in [1.82, 2.24) is 15.4 Å². The summed E-state index contributed by atoms with van der Waals surface area (Å²) < 4.78 is 0. The number of nitrogens with two attached hydrogens (primary N) is 1. The Morgan fingerprint density at radius 1 is 1.21 bits per heavy atom. The molecule has 1 fully saturated rings. The zero-order valence-corrected chi connectivity index (χ0v) is 11.0. The number of aryl methyl sites for hydroxylation is 1. The molecule has 3 atom stereocenters. The molecule has 0 bridgehead atoms. The maximum absolute atomic E-state index is 5.71. The van der Waals surface area contributed by atoms with Gasteiger partial charge in [-0.3, -0.25) is 21.2 Å². The summed E-state index contributed by atoms with van der Waals surface area (Å²) in [6, 6.07) is 10.7. The highest BCUT2D eigenvalue weighted by Gasteiger charge is 2.44. The SMILES string of the molecule is Cc1cnc(C(NN)C2CC2c2ccccc2)cn1. The minimum absolute atomic E-state index is 0.0818. The van der Waals surface area contributed by atoms with Gasteiger partial charge in [-0.15, -0.1) is 0 Å². The number of hydrogen-bond acceptors (Lipinski definition) is 4. The van der Waals surface area contributed by atoms with Crippen LogP contribution < -0.4 is 11.3 Å². The van der Waals surface area contributed by atoms with Crippen molar-refractivity contribution in [2.24, 2.45) is 11.8 Å². The lowest BCUT2D eigenvalue weighted by Gasteiger charge is -2.15. The normalized spacial score (nSPS) is 23.1. The van der Waals surface area contributed by atoms with Crippen LogP contribution in [-0.4, -0.2) is 9.97 Å². The molecule has 4 nitrogen and oxygen atoms in total. The molecule has 1 aliphatic rings. The molecule has 0 aliphatic heterocycles. The maximum Gasteiger partial charge on any atom is 0.0772 e. The van der Waals surface area contributed by atoms with E-state index in [4.69, 9.17) is 5.84 Å². The van der Waals surface area contributed by atoms with Crippen molar-refractivity contribution >= 4 is 0 Å². The predicted octanol–water partition coefficient (Wildman–Crippen LogP) is 2.09. The molecule has 3 N–H and O–H groups in total. The van der Waals surface area contributed by atoms with Gasteiger partial charge in [-0.25, -0.2) is 0 Å². The third-order valence-corrected chi connectivity index (χ3v) is 3.79. The number of aromatic nitrogens is 2. The summed E-state index contributed by atoms with van der Waals surface area (Å²) in [6.45, 7) is 1.94. The molecular weight excluding hydrogens is 236 g/mol. The van der Waals surface area contributed by atoms with Crippen molar-refractivity contribution in [3.8, 4) is 0 Å². The molecule has 1 saturated carbocycles. The monoisotopic (exact) mass is 254 g/mol. The first-order valence-electron chi connectivity index (χ1n) is 6.59. The summed E-state index contributed by atoms with van der Waals surface area (Å²) in [4.78, 5) is 8.73. The third kappa shape index (κ3) is 2.50. The fourth-order valence-electron chi connectivity index (χ4n) is 2.66. The Hall–Kier alpha value is -1.78. The Balaban J connectivity index is 1.77. The van der Waals surface area contributed by atoms with Crippen LogP contribution in [-0.2, 0) is 0 Å². The van der Waals surface area contributed by atoms with Crippen LogP contribution >= 0.6 is 0 Å². The summed E-state index contributed by atoms with van der Waals surface area (Å²) in [6.07, 6.45) is 4.76. The summed E-state index contributed by atoms with van der Waals surface area (Å²) in [5, 5.41) is 0. The predicted molar refractivity (Wildman–Crippen MR) is 74.1 cm³/mol. The van der Waals surface area contributed by atoms with E-state index in [1.54, 1.807) is 6.20 Å². The molecule has 4 heteroatoms. The van der Waals surface area contributed by atoms with Gasteiger partial charge in [0.05, 0.1) is 23.6 Å². The van der Waals surface area contributed by atoms with Crippen molar-refractivity contribution < 1.29 is 0 Å². The third-order valence-electron chi connectivity index (χ3n) is 3.79. The number of rotatable bonds is 4. The molecule has 19 heavy (non-hydrogen) atoms. The van der Waals surface area contributed by atoms with Gasteiger partial charge in [0, 0.05) is 6.20 Å². The van der Waals surface area contributed by atoms with E-state index in [0.29, 0.717) is 11.8 Å². The van der Waals surface area contributed by atoms with Gasteiger partial charge in [-0.05, 0) is 30.7 Å². The quantitative estimate of drug-likeness (QED) is 0.648. The van der Waals surface area contributed by atoms with E-state index in [1.165, 1.54) is 5.56 Å². The number of nitrogens with zero attached hydrogens (tertiary/aromatic N) is 2. The molecule has 3 unspecified atom stereocenters. The van der Waals surface area contributed by atoms with Crippen LogP contribution in [0, 0.1) is 12.8 Å². The highest BCUT2D eigenvalue weighted by atomic mass is 15.2. The smallest absolute Gasteiger partial charge is 0.0772 e. The van der Waals surface area contributed by atoms with Gasteiger partial charge in [0.25, 0.3) is 0 Å². The second-order valence-corrected chi connectivity index (χ2v) is 5.14. The van der Waals surface area contributed by atoms with Crippen LogP contribution in [0.1, 0.15) is 35.3 Å². The number of hydrazine groups is 1. The molecule has 98 valence electrons. The number of nitrogens with one attached hydrogen (secondary N) is 1. The first-order chi connectivity index (χ1) is 9.29. The molecule has 0 radical (unpaired) electrons. The van der Waals surface area contributed by atoms with Crippen LogP contribution in [0.2, 0.25) is 0 Å². The average molecular weight is 254 g/mol. The Kier molecular flexibility index (Phi) is 3.27. The number of hydrogen-bond donors (Lipinski definition) is 2. The second kappa shape index (κ2) is 5.07. The average Bonchev–Trinajstić information content (AvgIpc) is 3.23. The lowest BCUT2D eigenvalue weighted by Crippen LogP contribution is -2.30. The van der Waals surface area contributed by atoms with Gasteiger partial charge in [-0.2, -0.15) is 0 Å². The fourth-order valence-corrected chi connectivity index (χ4v) is 2.66. The molecule has 2 aromatic rings. The van der Waals surface area contributed by atoms with Crippen molar-refractivity contribution in [3.63, 3.8) is 0 Å². The van der Waals surface area contributed by atoms with E-state index in [2.05, 4.69) is 39.7 Å². The van der Waals surface area contributed by atoms with Crippen LogP contribution in [0.25, 0.3) is 0 Å². The maximum atomic E-state index is 5.71. The Bertz CT molecular complexity index is 538. The van der Waals surface area contributed by atoms with Crippen molar-refractivity contribution in [1.29, 1.82) is 0 Å². The van der Waals surface area contributed by atoms with Gasteiger partial charge < -0.3 is 0 Å². The van der Waals surface area contributed by atoms with Crippen LogP contribution in [0.5, 0.6) is 0 Å². The van der Waals surface area contributed by atoms with Crippen LogP contribution in [0.4, 0.5) is 0 Å². The summed E-state index contributed by atoms with van der Waals surface area (Å²) in [5.41, 5.74) is 6.13. The molecule has 1 aliphatic carbocycles. The van der Waals surface area contributed by atoms with Gasteiger partial charge in [0.2, 0.25) is 0 Å². The van der Waals surface area contributed by atoms with Gasteiger partial charge >= 0.3 is 0 Å². The zero-order chi connectivity index (χ0) is 13.2. The van der Waals surface area contributed by atoms with E-state index < -0.39 is 0 Å². The van der Waals surface area contributed by atoms with Crippen molar-refractivity contribution in [2.45, 2.75) is 25.3 Å². The fraction of sp³-hybridized carbons (Fsp3) is 0.333. The lowest BCUT2D eigenvalue weighted by atomic mass is 10.0. The highest BCUT2D eigenvalue weighted by molar-refractivity contribution is 5.28.